The summed E-state index contributed by atoms with van der Waals surface area (Å²) < 4.78 is 1.87. The number of hydrogen-bond donors (Lipinski definition) is 1. The third-order valence-electron chi connectivity index (χ3n) is 3.13. The van der Waals surface area contributed by atoms with Crippen LogP contribution in [0.15, 0.2) is 24.4 Å². The van der Waals surface area contributed by atoms with Crippen LogP contribution in [0.1, 0.15) is 31.0 Å². The molecule has 2 aromatic rings. The molecule has 0 atom stereocenters. The normalized spacial score (nSPS) is 11.3. The molecule has 0 saturated carbocycles. The van der Waals surface area contributed by atoms with Crippen LogP contribution >= 0.6 is 11.6 Å². The van der Waals surface area contributed by atoms with E-state index in [0.717, 1.165) is 22.8 Å². The first kappa shape index (κ1) is 14.1. The SMILES string of the molecule is CNCc1cc(-c2cn(C)nc2C(C)C)ccc1Cl. The van der Waals surface area contributed by atoms with Crippen molar-refractivity contribution in [2.24, 2.45) is 7.05 Å². The van der Waals surface area contributed by atoms with Crippen molar-refractivity contribution in [2.75, 3.05) is 7.05 Å². The molecule has 0 aliphatic carbocycles. The number of nitrogens with one attached hydrogen (secondary N) is 1. The monoisotopic (exact) mass is 277 g/mol. The molecule has 19 heavy (non-hydrogen) atoms. The number of benzene rings is 1. The van der Waals surface area contributed by atoms with Gasteiger partial charge in [-0.2, -0.15) is 5.10 Å². The van der Waals surface area contributed by atoms with Crippen molar-refractivity contribution >= 4 is 11.6 Å². The van der Waals surface area contributed by atoms with Crippen LogP contribution in [0.2, 0.25) is 5.02 Å². The molecule has 0 aliphatic rings. The first-order valence-corrected chi connectivity index (χ1v) is 6.87. The smallest absolute Gasteiger partial charge is 0.0728 e. The molecular weight excluding hydrogens is 258 g/mol. The van der Waals surface area contributed by atoms with Gasteiger partial charge in [-0.25, -0.2) is 0 Å². The Morgan fingerprint density at radius 3 is 2.74 bits per heavy atom. The van der Waals surface area contributed by atoms with Crippen molar-refractivity contribution in [1.82, 2.24) is 15.1 Å². The average molecular weight is 278 g/mol. The molecule has 0 radical (unpaired) electrons. The molecule has 3 nitrogen and oxygen atoms in total. The molecule has 1 aromatic heterocycles. The van der Waals surface area contributed by atoms with Crippen LogP contribution in [0.4, 0.5) is 0 Å². The van der Waals surface area contributed by atoms with E-state index in [0.29, 0.717) is 5.92 Å². The second-order valence-electron chi connectivity index (χ2n) is 5.09. The van der Waals surface area contributed by atoms with Crippen LogP contribution in [0.25, 0.3) is 11.1 Å². The maximum absolute atomic E-state index is 6.21. The summed E-state index contributed by atoms with van der Waals surface area (Å²) in [5.41, 5.74) is 4.60. The topological polar surface area (TPSA) is 29.9 Å². The molecule has 0 unspecified atom stereocenters. The molecular formula is C15H20ClN3. The molecule has 0 saturated heterocycles. The van der Waals surface area contributed by atoms with Crippen LogP contribution in [-0.2, 0) is 13.6 Å². The van der Waals surface area contributed by atoms with Crippen molar-refractivity contribution in [3.63, 3.8) is 0 Å². The highest BCUT2D eigenvalue weighted by Gasteiger charge is 2.14. The summed E-state index contributed by atoms with van der Waals surface area (Å²) in [5.74, 6) is 0.402. The van der Waals surface area contributed by atoms with E-state index in [1.54, 1.807) is 0 Å². The van der Waals surface area contributed by atoms with Gasteiger partial charge in [0.25, 0.3) is 0 Å². The molecule has 0 amide bonds. The van der Waals surface area contributed by atoms with Crippen LogP contribution in [-0.4, -0.2) is 16.8 Å². The van der Waals surface area contributed by atoms with Crippen molar-refractivity contribution in [2.45, 2.75) is 26.3 Å². The largest absolute Gasteiger partial charge is 0.316 e. The number of rotatable bonds is 4. The van der Waals surface area contributed by atoms with Gasteiger partial charge in [-0.3, -0.25) is 4.68 Å². The number of nitrogens with zero attached hydrogens (tertiary/aromatic N) is 2. The van der Waals surface area contributed by atoms with E-state index >= 15 is 0 Å². The molecule has 102 valence electrons. The first-order chi connectivity index (χ1) is 9.02. The van der Waals surface area contributed by atoms with Crippen LogP contribution in [0, 0.1) is 0 Å². The minimum Gasteiger partial charge on any atom is -0.316 e. The van der Waals surface area contributed by atoms with E-state index in [1.165, 1.54) is 11.1 Å². The van der Waals surface area contributed by atoms with Crippen LogP contribution < -0.4 is 5.32 Å². The third-order valence-corrected chi connectivity index (χ3v) is 3.50. The van der Waals surface area contributed by atoms with Crippen molar-refractivity contribution in [3.05, 3.63) is 40.7 Å². The van der Waals surface area contributed by atoms with E-state index in [4.69, 9.17) is 11.6 Å². The molecule has 1 aromatic carbocycles. The lowest BCUT2D eigenvalue weighted by molar-refractivity contribution is 0.713. The quantitative estimate of drug-likeness (QED) is 0.926. The van der Waals surface area contributed by atoms with E-state index < -0.39 is 0 Å². The van der Waals surface area contributed by atoms with Crippen molar-refractivity contribution < 1.29 is 0 Å². The average Bonchev–Trinajstić information content (AvgIpc) is 2.75. The molecule has 0 bridgehead atoms. The standard InChI is InChI=1S/C15H20ClN3/c1-10(2)15-13(9-19(4)18-15)11-5-6-14(16)12(7-11)8-17-3/h5-7,9-10,17H,8H2,1-4H3. The van der Waals surface area contributed by atoms with Gasteiger partial charge < -0.3 is 5.32 Å². The minimum absolute atomic E-state index is 0.402. The fraction of sp³-hybridized carbons (Fsp3) is 0.400. The Hall–Kier alpha value is -1.32. The highest BCUT2D eigenvalue weighted by Crippen LogP contribution is 2.30. The predicted octanol–water partition coefficient (Wildman–Crippen LogP) is 3.58. The van der Waals surface area contributed by atoms with Gasteiger partial charge >= 0.3 is 0 Å². The minimum atomic E-state index is 0.402. The number of hydrogen-bond acceptors (Lipinski definition) is 2. The molecule has 2 rings (SSSR count). The Morgan fingerprint density at radius 1 is 1.37 bits per heavy atom. The molecule has 1 N–H and O–H groups in total. The highest BCUT2D eigenvalue weighted by molar-refractivity contribution is 6.31. The van der Waals surface area contributed by atoms with Gasteiger partial charge in [-0.15, -0.1) is 0 Å². The van der Waals surface area contributed by atoms with Crippen LogP contribution in [0.3, 0.4) is 0 Å². The highest BCUT2D eigenvalue weighted by atomic mass is 35.5. The zero-order valence-electron chi connectivity index (χ0n) is 11.9. The van der Waals surface area contributed by atoms with E-state index in [-0.39, 0.29) is 0 Å². The Morgan fingerprint density at radius 2 is 2.11 bits per heavy atom. The van der Waals surface area contributed by atoms with Crippen molar-refractivity contribution in [3.8, 4) is 11.1 Å². The zero-order chi connectivity index (χ0) is 14.0. The first-order valence-electron chi connectivity index (χ1n) is 6.50. The Bertz CT molecular complexity index is 573. The van der Waals surface area contributed by atoms with Gasteiger partial charge in [0, 0.05) is 30.4 Å². The predicted molar refractivity (Wildman–Crippen MR) is 80.5 cm³/mol. The summed E-state index contributed by atoms with van der Waals surface area (Å²) in [5, 5.41) is 8.49. The lowest BCUT2D eigenvalue weighted by Crippen LogP contribution is -2.05. The van der Waals surface area contributed by atoms with Gasteiger partial charge in [0.1, 0.15) is 0 Å². The molecule has 0 aliphatic heterocycles. The fourth-order valence-electron chi connectivity index (χ4n) is 2.22. The Labute approximate surface area is 119 Å². The Kier molecular flexibility index (Phi) is 4.27. The third kappa shape index (κ3) is 2.99. The van der Waals surface area contributed by atoms with Gasteiger partial charge in [-0.05, 0) is 36.2 Å². The summed E-state index contributed by atoms with van der Waals surface area (Å²) in [7, 11) is 3.88. The van der Waals surface area contributed by atoms with Gasteiger partial charge in [0.15, 0.2) is 0 Å². The molecule has 0 fully saturated rings. The van der Waals surface area contributed by atoms with E-state index in [9.17, 15) is 0 Å². The molecule has 1 heterocycles. The van der Waals surface area contributed by atoms with Gasteiger partial charge in [0.05, 0.1) is 5.69 Å². The zero-order valence-corrected chi connectivity index (χ0v) is 12.6. The second kappa shape index (κ2) is 5.76. The summed E-state index contributed by atoms with van der Waals surface area (Å²) in [6, 6.07) is 6.16. The van der Waals surface area contributed by atoms with Gasteiger partial charge in [-0.1, -0.05) is 31.5 Å². The number of aromatic nitrogens is 2. The number of halogens is 1. The lowest BCUT2D eigenvalue weighted by atomic mass is 9.98. The van der Waals surface area contributed by atoms with E-state index in [1.807, 2.05) is 24.8 Å². The summed E-state index contributed by atoms with van der Waals surface area (Å²) in [6.45, 7) is 5.09. The summed E-state index contributed by atoms with van der Waals surface area (Å²) in [4.78, 5) is 0. The number of aryl methyl sites for hydroxylation is 1. The molecule has 4 heteroatoms. The summed E-state index contributed by atoms with van der Waals surface area (Å²) >= 11 is 6.21. The maximum atomic E-state index is 6.21. The van der Waals surface area contributed by atoms with Crippen LogP contribution in [0.5, 0.6) is 0 Å². The van der Waals surface area contributed by atoms with E-state index in [2.05, 4.69) is 42.6 Å². The van der Waals surface area contributed by atoms with Crippen molar-refractivity contribution in [1.29, 1.82) is 0 Å². The second-order valence-corrected chi connectivity index (χ2v) is 5.50. The summed E-state index contributed by atoms with van der Waals surface area (Å²) in [6.07, 6.45) is 2.07. The lowest BCUT2D eigenvalue weighted by Gasteiger charge is -2.09. The van der Waals surface area contributed by atoms with Gasteiger partial charge in [0.2, 0.25) is 0 Å². The maximum Gasteiger partial charge on any atom is 0.0728 e. The Balaban J connectivity index is 2.49. The molecule has 0 spiro atoms. The fourth-order valence-corrected chi connectivity index (χ4v) is 2.41.